The maximum Gasteiger partial charge on any atom is 0.416 e. The number of alkyl halides is 3. The minimum absolute atomic E-state index is 0.309. The van der Waals surface area contributed by atoms with Crippen molar-refractivity contribution < 1.29 is 17.9 Å². The topological polar surface area (TPSA) is 93.5 Å². The molecule has 2 N–H and O–H groups in total. The van der Waals surface area contributed by atoms with Crippen LogP contribution in [-0.2, 0) is 12.7 Å². The maximum absolute atomic E-state index is 12.9. The van der Waals surface area contributed by atoms with Crippen molar-refractivity contribution >= 4 is 66.7 Å². The van der Waals surface area contributed by atoms with Gasteiger partial charge in [0.1, 0.15) is 16.8 Å². The van der Waals surface area contributed by atoms with E-state index in [-0.39, 0.29) is 0 Å². The Morgan fingerprint density at radius 3 is 2.26 bits per heavy atom. The van der Waals surface area contributed by atoms with Crippen LogP contribution >= 0.6 is 11.6 Å². The Morgan fingerprint density at radius 1 is 0.830 bits per heavy atom. The Morgan fingerprint density at radius 2 is 1.53 bits per heavy atom. The molecule has 4 aromatic heterocycles. The second kappa shape index (κ2) is 12.3. The summed E-state index contributed by atoms with van der Waals surface area (Å²) in [6, 6.07) is 28.4. The predicted octanol–water partition coefficient (Wildman–Crippen LogP) is 9.17. The first-order valence-electron chi connectivity index (χ1n) is 14.5. The molecule has 47 heavy (non-hydrogen) atoms. The number of benzene rings is 4. The van der Waals surface area contributed by atoms with Crippen LogP contribution in [0, 0.1) is 0 Å². The van der Waals surface area contributed by atoms with Crippen molar-refractivity contribution in [2.45, 2.75) is 12.7 Å². The van der Waals surface area contributed by atoms with Gasteiger partial charge in [0.05, 0.1) is 36.4 Å². The molecule has 4 heterocycles. The van der Waals surface area contributed by atoms with Crippen LogP contribution in [0.15, 0.2) is 109 Å². The number of aromatic amines is 1. The molecule has 0 atom stereocenters. The molecule has 0 unspecified atom stereocenters. The number of methoxy groups -OCH3 is 1. The van der Waals surface area contributed by atoms with E-state index in [1.807, 2.05) is 83.7 Å². The van der Waals surface area contributed by atoms with Crippen LogP contribution in [0.1, 0.15) is 11.1 Å². The number of nitrogens with zero attached hydrogens (tertiary/aromatic N) is 5. The number of nitrogens with one attached hydrogen (secondary N) is 2. The Balaban J connectivity index is 0.000000150. The number of fused-ring (bicyclic) bond motifs is 6. The number of H-pyrrole nitrogens is 1. The van der Waals surface area contributed by atoms with E-state index in [2.05, 4.69) is 30.6 Å². The molecule has 0 saturated heterocycles. The lowest BCUT2D eigenvalue weighted by molar-refractivity contribution is -0.137. The van der Waals surface area contributed by atoms with Crippen molar-refractivity contribution in [3.8, 4) is 5.75 Å². The lowest BCUT2D eigenvalue weighted by atomic mass is 10.1. The average molecular weight is 652 g/mol. The van der Waals surface area contributed by atoms with E-state index in [0.29, 0.717) is 28.7 Å². The molecule has 0 amide bonds. The normalized spacial score (nSPS) is 11.6. The highest BCUT2D eigenvalue weighted by Crippen LogP contribution is 2.33. The highest BCUT2D eigenvalue weighted by molar-refractivity contribution is 6.35. The number of hydrogen-bond acceptors (Lipinski definition) is 6. The van der Waals surface area contributed by atoms with Crippen LogP contribution < -0.4 is 10.1 Å². The first kappa shape index (κ1) is 30.0. The summed E-state index contributed by atoms with van der Waals surface area (Å²) in [5.41, 5.74) is 3.74. The first-order chi connectivity index (χ1) is 22.8. The molecule has 8 aromatic rings. The summed E-state index contributed by atoms with van der Waals surface area (Å²) in [6.07, 6.45) is -0.691. The van der Waals surface area contributed by atoms with Gasteiger partial charge in [0.15, 0.2) is 11.0 Å². The van der Waals surface area contributed by atoms with E-state index < -0.39 is 11.7 Å². The highest BCUT2D eigenvalue weighted by Gasteiger charge is 2.30. The summed E-state index contributed by atoms with van der Waals surface area (Å²) in [7, 11) is 1.66. The number of rotatable bonds is 5. The fraction of sp³-hybridized carbons (Fsp3) is 0.0857. The smallest absolute Gasteiger partial charge is 0.416 e. The summed E-state index contributed by atoms with van der Waals surface area (Å²) in [6.45, 7) is 0.670. The van der Waals surface area contributed by atoms with Crippen molar-refractivity contribution in [2.75, 3.05) is 12.4 Å². The molecule has 0 saturated carbocycles. The van der Waals surface area contributed by atoms with Gasteiger partial charge in [-0.05, 0) is 48.0 Å². The second-order valence-corrected chi connectivity index (χ2v) is 11.1. The number of ether oxygens (including phenoxy) is 1. The maximum atomic E-state index is 12.9. The van der Waals surface area contributed by atoms with Crippen molar-refractivity contribution in [1.82, 2.24) is 29.9 Å². The number of halogens is 4. The van der Waals surface area contributed by atoms with Crippen molar-refractivity contribution in [3.05, 3.63) is 126 Å². The third-order valence-corrected chi connectivity index (χ3v) is 7.89. The van der Waals surface area contributed by atoms with E-state index >= 15 is 0 Å². The molecule has 0 aliphatic rings. The van der Waals surface area contributed by atoms with Gasteiger partial charge in [0.25, 0.3) is 0 Å². The van der Waals surface area contributed by atoms with E-state index in [9.17, 15) is 13.2 Å². The molecule has 4 aromatic carbocycles. The van der Waals surface area contributed by atoms with Crippen molar-refractivity contribution in [3.63, 3.8) is 0 Å². The molecule has 0 spiro atoms. The molecular weight excluding hydrogens is 627 g/mol. The second-order valence-electron chi connectivity index (χ2n) is 10.7. The highest BCUT2D eigenvalue weighted by atomic mass is 35.5. The first-order valence-corrected chi connectivity index (χ1v) is 14.8. The van der Waals surface area contributed by atoms with Crippen LogP contribution in [0.3, 0.4) is 0 Å². The van der Waals surface area contributed by atoms with Crippen LogP contribution in [0.4, 0.5) is 24.7 Å². The Bertz CT molecular complexity index is 2370. The zero-order valence-electron chi connectivity index (χ0n) is 24.8. The minimum atomic E-state index is -4.39. The summed E-state index contributed by atoms with van der Waals surface area (Å²) in [5, 5.41) is 18.7. The molecule has 8 nitrogen and oxygen atoms in total. The van der Waals surface area contributed by atoms with Gasteiger partial charge in [-0.3, -0.25) is 9.78 Å². The van der Waals surface area contributed by atoms with E-state index in [4.69, 9.17) is 16.3 Å². The third kappa shape index (κ3) is 6.12. The molecule has 0 aliphatic carbocycles. The molecule has 12 heteroatoms. The van der Waals surface area contributed by atoms with Crippen molar-refractivity contribution in [1.29, 1.82) is 0 Å². The largest absolute Gasteiger partial charge is 0.497 e. The minimum Gasteiger partial charge on any atom is -0.497 e. The van der Waals surface area contributed by atoms with Gasteiger partial charge in [-0.15, -0.1) is 0 Å². The summed E-state index contributed by atoms with van der Waals surface area (Å²) in [4.78, 5) is 8.92. The van der Waals surface area contributed by atoms with E-state index in [1.54, 1.807) is 19.4 Å². The summed E-state index contributed by atoms with van der Waals surface area (Å²) < 4.78 is 45.7. The molecule has 0 fully saturated rings. The summed E-state index contributed by atoms with van der Waals surface area (Å²) >= 11 is 6.29. The lowest BCUT2D eigenvalue weighted by Gasteiger charge is -2.11. The van der Waals surface area contributed by atoms with Crippen molar-refractivity contribution in [2.24, 2.45) is 0 Å². The van der Waals surface area contributed by atoms with E-state index in [0.717, 1.165) is 61.5 Å². The number of anilines is 2. The Kier molecular flexibility index (Phi) is 7.82. The molecular formula is C35H25ClF3N7O. The fourth-order valence-corrected chi connectivity index (χ4v) is 5.60. The van der Waals surface area contributed by atoms with Crippen LogP contribution in [0.25, 0.3) is 43.6 Å². The average Bonchev–Trinajstić information content (AvgIpc) is 3.74. The SMILES string of the molecule is COc1ccc(Cn2cc3c(n2)c(Cl)nc2ccccc23)cc1.FC(F)(F)c1cccc(Nc2nc3ccccc3c3cn[nH]c23)c1. The van der Waals surface area contributed by atoms with Gasteiger partial charge in [-0.25, -0.2) is 9.97 Å². The van der Waals surface area contributed by atoms with Gasteiger partial charge in [0, 0.05) is 33.4 Å². The number of pyridine rings is 2. The lowest BCUT2D eigenvalue weighted by Crippen LogP contribution is -2.05. The molecule has 0 radical (unpaired) electrons. The quantitative estimate of drug-likeness (QED) is 0.180. The van der Waals surface area contributed by atoms with Crippen LogP contribution in [0.2, 0.25) is 5.15 Å². The third-order valence-electron chi connectivity index (χ3n) is 7.63. The molecule has 8 rings (SSSR count). The number of hydrogen-bond donors (Lipinski definition) is 2. The fourth-order valence-electron chi connectivity index (χ4n) is 5.37. The summed E-state index contributed by atoms with van der Waals surface area (Å²) in [5.74, 6) is 1.28. The van der Waals surface area contributed by atoms with Crippen LogP contribution in [-0.4, -0.2) is 37.1 Å². The van der Waals surface area contributed by atoms with E-state index in [1.165, 1.54) is 6.07 Å². The van der Waals surface area contributed by atoms with Gasteiger partial charge in [0.2, 0.25) is 0 Å². The Hall–Kier alpha value is -5.68. The Labute approximate surface area is 270 Å². The number of para-hydroxylation sites is 2. The predicted molar refractivity (Wildman–Crippen MR) is 178 cm³/mol. The monoisotopic (exact) mass is 651 g/mol. The molecule has 0 aliphatic heterocycles. The van der Waals surface area contributed by atoms with Gasteiger partial charge in [-0.1, -0.05) is 66.2 Å². The number of aromatic nitrogens is 6. The van der Waals surface area contributed by atoms with Crippen LogP contribution in [0.5, 0.6) is 5.75 Å². The zero-order valence-corrected chi connectivity index (χ0v) is 25.5. The molecule has 0 bridgehead atoms. The standard InChI is InChI=1S/C18H14ClN3O.C17H11F3N4/c1-23-13-8-6-12(7-9-13)10-22-11-15-14-4-2-3-5-16(14)20-18(19)17(15)21-22;18-17(19,20)10-4-3-5-11(8-10)22-16-15-13(9-21-24-15)12-6-1-2-7-14(12)23-16/h2-9,11H,10H2,1H3;1-9H,(H,21,24)(H,22,23). The van der Waals surface area contributed by atoms with Gasteiger partial charge < -0.3 is 10.1 Å². The van der Waals surface area contributed by atoms with Gasteiger partial charge in [-0.2, -0.15) is 23.4 Å². The zero-order chi connectivity index (χ0) is 32.5. The van der Waals surface area contributed by atoms with Gasteiger partial charge >= 0.3 is 6.18 Å². The molecule has 234 valence electrons.